The molecular formula is C9H12N2S. The summed E-state index contributed by atoms with van der Waals surface area (Å²) >= 11 is 1.62. The predicted octanol–water partition coefficient (Wildman–Crippen LogP) is 3.21. The van der Waals surface area contributed by atoms with Crippen molar-refractivity contribution in [3.05, 3.63) is 16.8 Å². The van der Waals surface area contributed by atoms with Gasteiger partial charge >= 0.3 is 0 Å². The molecule has 0 radical (unpaired) electrons. The highest BCUT2D eigenvalue weighted by atomic mass is 32.1. The molecule has 0 spiro atoms. The second kappa shape index (κ2) is 4.16. The lowest BCUT2D eigenvalue weighted by atomic mass is 10.4. The van der Waals surface area contributed by atoms with Gasteiger partial charge in [0.1, 0.15) is 5.00 Å². The Hall–Kier alpha value is -0.960. The van der Waals surface area contributed by atoms with Gasteiger partial charge in [-0.15, -0.1) is 0 Å². The van der Waals surface area contributed by atoms with Gasteiger partial charge < -0.3 is 0 Å². The number of aromatic nitrogens is 1. The second-order valence-electron chi connectivity index (χ2n) is 2.31. The summed E-state index contributed by atoms with van der Waals surface area (Å²) in [6.07, 6.45) is 5.74. The molecule has 0 fully saturated rings. The fourth-order valence-electron chi connectivity index (χ4n) is 0.909. The summed E-state index contributed by atoms with van der Waals surface area (Å²) in [5.41, 5.74) is 0.970. The van der Waals surface area contributed by atoms with E-state index in [1.54, 1.807) is 17.6 Å². The van der Waals surface area contributed by atoms with Crippen LogP contribution in [0.15, 0.2) is 11.1 Å². The molecule has 0 atom stereocenters. The Balaban J connectivity index is 3.07. The van der Waals surface area contributed by atoms with E-state index in [1.165, 1.54) is 0 Å². The molecule has 0 saturated carbocycles. The van der Waals surface area contributed by atoms with Gasteiger partial charge in [0.15, 0.2) is 0 Å². The highest BCUT2D eigenvalue weighted by Crippen LogP contribution is 2.27. The third-order valence-electron chi connectivity index (χ3n) is 1.31. The van der Waals surface area contributed by atoms with Gasteiger partial charge in [0, 0.05) is 6.21 Å². The molecule has 0 N–H and O–H groups in total. The summed E-state index contributed by atoms with van der Waals surface area (Å²) in [5, 5.41) is 2.05. The largest absolute Gasteiger partial charge is 0.248 e. The summed E-state index contributed by atoms with van der Waals surface area (Å²) in [6, 6.07) is 0. The minimum absolute atomic E-state index is 0.970. The number of aliphatic imine (C=N–C) groups is 1. The van der Waals surface area contributed by atoms with E-state index in [-0.39, 0.29) is 0 Å². The minimum Gasteiger partial charge on any atom is -0.248 e. The lowest BCUT2D eigenvalue weighted by Gasteiger charge is -1.85. The number of thiazole rings is 1. The summed E-state index contributed by atoms with van der Waals surface area (Å²) in [7, 11) is 0. The van der Waals surface area contributed by atoms with Crippen molar-refractivity contribution < 1.29 is 0 Å². The van der Waals surface area contributed by atoms with Crippen LogP contribution in [0.1, 0.15) is 24.5 Å². The van der Waals surface area contributed by atoms with E-state index in [9.17, 15) is 0 Å². The van der Waals surface area contributed by atoms with Gasteiger partial charge in [0.05, 0.1) is 10.7 Å². The van der Waals surface area contributed by atoms with Crippen LogP contribution in [0.25, 0.3) is 6.08 Å². The number of hydrogen-bond donors (Lipinski definition) is 0. The first-order chi connectivity index (χ1) is 5.77. The molecule has 0 saturated heterocycles. The van der Waals surface area contributed by atoms with E-state index in [0.717, 1.165) is 15.7 Å². The van der Waals surface area contributed by atoms with Crippen molar-refractivity contribution in [2.45, 2.75) is 20.8 Å². The molecule has 0 bridgehead atoms. The number of nitrogens with zero attached hydrogens (tertiary/aromatic N) is 2. The van der Waals surface area contributed by atoms with Crippen molar-refractivity contribution >= 4 is 28.6 Å². The Morgan fingerprint density at radius 2 is 2.17 bits per heavy atom. The maximum atomic E-state index is 4.34. The smallest absolute Gasteiger partial charge is 0.143 e. The van der Waals surface area contributed by atoms with Crippen molar-refractivity contribution in [2.75, 3.05) is 0 Å². The SMILES string of the molecule is C/C=C\c1nc(C)sc1/N=C\C. The maximum absolute atomic E-state index is 4.34. The Labute approximate surface area is 76.7 Å². The monoisotopic (exact) mass is 180 g/mol. The minimum atomic E-state index is 0.970. The van der Waals surface area contributed by atoms with Crippen LogP contribution in [-0.4, -0.2) is 11.2 Å². The van der Waals surface area contributed by atoms with Crippen LogP contribution in [0.5, 0.6) is 0 Å². The lowest BCUT2D eigenvalue weighted by molar-refractivity contribution is 1.27. The molecular weight excluding hydrogens is 168 g/mol. The summed E-state index contributed by atoms with van der Waals surface area (Å²) in [6.45, 7) is 5.88. The zero-order chi connectivity index (χ0) is 8.97. The fraction of sp³-hybridized carbons (Fsp3) is 0.333. The number of aryl methyl sites for hydroxylation is 1. The molecule has 1 heterocycles. The number of rotatable bonds is 2. The Bertz CT molecular complexity index is 281. The number of allylic oxidation sites excluding steroid dienone is 1. The molecule has 0 unspecified atom stereocenters. The van der Waals surface area contributed by atoms with Crippen molar-refractivity contribution in [1.29, 1.82) is 0 Å². The summed E-state index contributed by atoms with van der Waals surface area (Å²) in [4.78, 5) is 8.56. The third kappa shape index (κ3) is 2.01. The van der Waals surface area contributed by atoms with Gasteiger partial charge in [-0.1, -0.05) is 17.4 Å². The maximum Gasteiger partial charge on any atom is 0.143 e. The zero-order valence-corrected chi connectivity index (χ0v) is 8.35. The van der Waals surface area contributed by atoms with Crippen LogP contribution in [0, 0.1) is 6.92 Å². The quantitative estimate of drug-likeness (QED) is 0.641. The van der Waals surface area contributed by atoms with E-state index in [0.29, 0.717) is 0 Å². The molecule has 0 aliphatic heterocycles. The van der Waals surface area contributed by atoms with Gasteiger partial charge in [0.2, 0.25) is 0 Å². The molecule has 0 aromatic carbocycles. The average Bonchev–Trinajstić information content (AvgIpc) is 2.33. The fourth-order valence-corrected chi connectivity index (χ4v) is 1.71. The Kier molecular flexibility index (Phi) is 3.17. The van der Waals surface area contributed by atoms with Crippen molar-refractivity contribution in [2.24, 2.45) is 4.99 Å². The van der Waals surface area contributed by atoms with Gasteiger partial charge in [-0.3, -0.25) is 0 Å². The van der Waals surface area contributed by atoms with Crippen LogP contribution >= 0.6 is 11.3 Å². The second-order valence-corrected chi connectivity index (χ2v) is 3.49. The van der Waals surface area contributed by atoms with Crippen LogP contribution in [0.3, 0.4) is 0 Å². The van der Waals surface area contributed by atoms with E-state index < -0.39 is 0 Å². The first kappa shape index (κ1) is 9.13. The van der Waals surface area contributed by atoms with Gasteiger partial charge in [0.25, 0.3) is 0 Å². The van der Waals surface area contributed by atoms with Gasteiger partial charge in [-0.25, -0.2) is 9.98 Å². The van der Waals surface area contributed by atoms with Crippen molar-refractivity contribution in [1.82, 2.24) is 4.98 Å². The van der Waals surface area contributed by atoms with Crippen LogP contribution < -0.4 is 0 Å². The van der Waals surface area contributed by atoms with Crippen molar-refractivity contribution in [3.8, 4) is 0 Å². The highest BCUT2D eigenvalue weighted by molar-refractivity contribution is 7.15. The van der Waals surface area contributed by atoms with Gasteiger partial charge in [-0.2, -0.15) is 0 Å². The van der Waals surface area contributed by atoms with Crippen LogP contribution in [0.2, 0.25) is 0 Å². The van der Waals surface area contributed by atoms with E-state index in [2.05, 4.69) is 9.98 Å². The average molecular weight is 180 g/mol. The summed E-state index contributed by atoms with van der Waals surface area (Å²) in [5.74, 6) is 0. The Morgan fingerprint density at radius 1 is 1.42 bits per heavy atom. The molecule has 1 aromatic heterocycles. The molecule has 1 rings (SSSR count). The lowest BCUT2D eigenvalue weighted by Crippen LogP contribution is -1.71. The molecule has 0 aliphatic rings. The van der Waals surface area contributed by atoms with Crippen molar-refractivity contribution in [3.63, 3.8) is 0 Å². The van der Waals surface area contributed by atoms with Crippen LogP contribution in [-0.2, 0) is 0 Å². The molecule has 0 amide bonds. The first-order valence-electron chi connectivity index (χ1n) is 3.86. The molecule has 12 heavy (non-hydrogen) atoms. The zero-order valence-electron chi connectivity index (χ0n) is 7.53. The van der Waals surface area contributed by atoms with E-state index in [4.69, 9.17) is 0 Å². The standard InChI is InChI=1S/C9H12N2S/c1-4-6-8-9(10-5-2)12-7(3)11-8/h4-6H,1-3H3/b6-4-,10-5-. The molecule has 0 aliphatic carbocycles. The van der Waals surface area contributed by atoms with Crippen LogP contribution in [0.4, 0.5) is 5.00 Å². The highest BCUT2D eigenvalue weighted by Gasteiger charge is 2.02. The molecule has 2 nitrogen and oxygen atoms in total. The van der Waals surface area contributed by atoms with Gasteiger partial charge in [-0.05, 0) is 26.8 Å². The number of hydrogen-bond acceptors (Lipinski definition) is 3. The molecule has 64 valence electrons. The third-order valence-corrected chi connectivity index (χ3v) is 2.21. The Morgan fingerprint density at radius 3 is 2.75 bits per heavy atom. The first-order valence-corrected chi connectivity index (χ1v) is 4.68. The summed E-state index contributed by atoms with van der Waals surface area (Å²) < 4.78 is 0. The van der Waals surface area contributed by atoms with E-state index in [1.807, 2.05) is 32.9 Å². The topological polar surface area (TPSA) is 25.2 Å². The van der Waals surface area contributed by atoms with E-state index >= 15 is 0 Å². The predicted molar refractivity (Wildman–Crippen MR) is 55.4 cm³/mol. The molecule has 3 heteroatoms. The molecule has 1 aromatic rings. The normalized spacial score (nSPS) is 11.9.